The van der Waals surface area contributed by atoms with Crippen molar-refractivity contribution in [2.75, 3.05) is 6.61 Å². The third-order valence-corrected chi connectivity index (χ3v) is 6.43. The van der Waals surface area contributed by atoms with E-state index in [9.17, 15) is 15.3 Å². The molecule has 0 spiro atoms. The Kier molecular flexibility index (Phi) is 9.30. The second kappa shape index (κ2) is 11.5. The van der Waals surface area contributed by atoms with Gasteiger partial charge in [0.1, 0.15) is 5.75 Å². The molecule has 1 atom stereocenters. The molecular formula is C27H38O4. The normalized spacial score (nSPS) is 13.2. The minimum Gasteiger partial charge on any atom is -0.493 e. The Balaban J connectivity index is 2.25. The Morgan fingerprint density at radius 1 is 0.968 bits per heavy atom. The van der Waals surface area contributed by atoms with Crippen molar-refractivity contribution in [1.82, 2.24) is 0 Å². The highest BCUT2D eigenvalue weighted by atomic mass is 16.5. The van der Waals surface area contributed by atoms with E-state index in [1.807, 2.05) is 32.1 Å². The van der Waals surface area contributed by atoms with Crippen molar-refractivity contribution in [2.45, 2.75) is 72.2 Å². The van der Waals surface area contributed by atoms with Crippen LogP contribution in [0.4, 0.5) is 0 Å². The van der Waals surface area contributed by atoms with Gasteiger partial charge in [0.15, 0.2) is 0 Å². The molecule has 1 unspecified atom stereocenters. The van der Waals surface area contributed by atoms with Crippen molar-refractivity contribution in [1.29, 1.82) is 0 Å². The fourth-order valence-electron chi connectivity index (χ4n) is 3.78. The van der Waals surface area contributed by atoms with Crippen LogP contribution in [0.5, 0.6) is 5.75 Å². The van der Waals surface area contributed by atoms with Crippen LogP contribution in [0.2, 0.25) is 0 Å². The number of benzene rings is 2. The smallest absolute Gasteiger partial charge is 0.119 e. The van der Waals surface area contributed by atoms with Gasteiger partial charge in [0.25, 0.3) is 0 Å². The molecule has 4 heteroatoms. The van der Waals surface area contributed by atoms with E-state index in [0.717, 1.165) is 18.4 Å². The van der Waals surface area contributed by atoms with E-state index in [0.29, 0.717) is 23.5 Å². The summed E-state index contributed by atoms with van der Waals surface area (Å²) < 4.78 is 6.19. The largest absolute Gasteiger partial charge is 0.493 e. The molecular weight excluding hydrogens is 388 g/mol. The van der Waals surface area contributed by atoms with Gasteiger partial charge in [-0.3, -0.25) is 0 Å². The van der Waals surface area contributed by atoms with E-state index in [4.69, 9.17) is 4.74 Å². The topological polar surface area (TPSA) is 69.9 Å². The van der Waals surface area contributed by atoms with Crippen molar-refractivity contribution in [3.05, 3.63) is 70.3 Å². The maximum absolute atomic E-state index is 10.1. The first-order valence-electron chi connectivity index (χ1n) is 11.2. The number of hydrogen-bond acceptors (Lipinski definition) is 4. The van der Waals surface area contributed by atoms with Crippen LogP contribution in [0.3, 0.4) is 0 Å². The quantitative estimate of drug-likeness (QED) is 0.465. The highest BCUT2D eigenvalue weighted by Crippen LogP contribution is 2.34. The summed E-state index contributed by atoms with van der Waals surface area (Å²) in [6.07, 6.45) is 5.28. The summed E-state index contributed by atoms with van der Waals surface area (Å²) in [5.74, 6) is 0.894. The average molecular weight is 427 g/mol. The monoisotopic (exact) mass is 426 g/mol. The zero-order valence-corrected chi connectivity index (χ0v) is 19.6. The van der Waals surface area contributed by atoms with Gasteiger partial charge >= 0.3 is 0 Å². The number of hydrogen-bond donors (Lipinski definition) is 3. The number of aliphatic hydroxyl groups is 3. The minimum atomic E-state index is -0.445. The lowest BCUT2D eigenvalue weighted by molar-refractivity contribution is 0.173. The van der Waals surface area contributed by atoms with Gasteiger partial charge in [0, 0.05) is 5.41 Å². The minimum absolute atomic E-state index is 0.0989. The summed E-state index contributed by atoms with van der Waals surface area (Å²) in [4.78, 5) is 0. The summed E-state index contributed by atoms with van der Waals surface area (Å²) in [5.41, 5.74) is 4.80. The average Bonchev–Trinajstić information content (AvgIpc) is 2.78. The number of aryl methyl sites for hydroxylation is 1. The predicted octanol–water partition coefficient (Wildman–Crippen LogP) is 5.15. The molecule has 2 aromatic carbocycles. The van der Waals surface area contributed by atoms with Crippen LogP contribution in [-0.2, 0) is 18.6 Å². The van der Waals surface area contributed by atoms with Crippen LogP contribution >= 0.6 is 0 Å². The van der Waals surface area contributed by atoms with E-state index in [-0.39, 0.29) is 24.5 Å². The van der Waals surface area contributed by atoms with Gasteiger partial charge in [-0.2, -0.15) is 0 Å². The first-order chi connectivity index (χ1) is 14.8. The Labute approximate surface area is 187 Å². The Hall–Kier alpha value is -2.14. The molecule has 0 amide bonds. The lowest BCUT2D eigenvalue weighted by atomic mass is 9.75. The lowest BCUT2D eigenvalue weighted by Crippen LogP contribution is -2.32. The van der Waals surface area contributed by atoms with Crippen LogP contribution in [-0.4, -0.2) is 28.0 Å². The first-order valence-corrected chi connectivity index (χ1v) is 11.2. The molecule has 31 heavy (non-hydrogen) atoms. The molecule has 0 fully saturated rings. The molecule has 2 rings (SSSR count). The highest BCUT2D eigenvalue weighted by Gasteiger charge is 2.30. The summed E-state index contributed by atoms with van der Waals surface area (Å²) in [6, 6.07) is 12.0. The molecule has 3 N–H and O–H groups in total. The Morgan fingerprint density at radius 3 is 2.19 bits per heavy atom. The number of aliphatic hydroxyl groups excluding tert-OH is 3. The second-order valence-corrected chi connectivity index (χ2v) is 8.69. The second-order valence-electron chi connectivity index (χ2n) is 8.69. The van der Waals surface area contributed by atoms with Gasteiger partial charge in [-0.05, 0) is 65.6 Å². The van der Waals surface area contributed by atoms with Gasteiger partial charge in [0.2, 0.25) is 0 Å². The molecule has 0 aliphatic rings. The van der Waals surface area contributed by atoms with E-state index in [1.54, 1.807) is 12.1 Å². The SMILES string of the molecule is CCC(CC)(COc1ccc(CO)c(CO)c1)c1ccc(/C=C/C(O)C(C)C)c(C)c1. The molecule has 0 saturated heterocycles. The van der Waals surface area contributed by atoms with Gasteiger partial charge in [-0.15, -0.1) is 0 Å². The molecule has 0 aliphatic carbocycles. The molecule has 4 nitrogen and oxygen atoms in total. The van der Waals surface area contributed by atoms with Crippen LogP contribution in [0.1, 0.15) is 68.4 Å². The molecule has 0 bridgehead atoms. The lowest BCUT2D eigenvalue weighted by Gasteiger charge is -2.33. The maximum Gasteiger partial charge on any atom is 0.119 e. The van der Waals surface area contributed by atoms with E-state index < -0.39 is 6.10 Å². The van der Waals surface area contributed by atoms with Crippen LogP contribution in [0.15, 0.2) is 42.5 Å². The summed E-state index contributed by atoms with van der Waals surface area (Å²) in [5, 5.41) is 29.0. The molecule has 2 aromatic rings. The fraction of sp³-hybridized carbons (Fsp3) is 0.481. The summed E-state index contributed by atoms with van der Waals surface area (Å²) in [6.45, 7) is 10.8. The molecule has 0 radical (unpaired) electrons. The molecule has 170 valence electrons. The third kappa shape index (κ3) is 6.19. The van der Waals surface area contributed by atoms with Crippen molar-refractivity contribution in [3.63, 3.8) is 0 Å². The van der Waals surface area contributed by atoms with Crippen molar-refractivity contribution < 1.29 is 20.1 Å². The van der Waals surface area contributed by atoms with Crippen molar-refractivity contribution in [2.24, 2.45) is 5.92 Å². The van der Waals surface area contributed by atoms with Crippen LogP contribution in [0.25, 0.3) is 6.08 Å². The van der Waals surface area contributed by atoms with E-state index in [2.05, 4.69) is 39.0 Å². The predicted molar refractivity (Wildman–Crippen MR) is 127 cm³/mol. The van der Waals surface area contributed by atoms with Gasteiger partial charge < -0.3 is 20.1 Å². The molecule has 0 heterocycles. The van der Waals surface area contributed by atoms with Gasteiger partial charge in [0.05, 0.1) is 25.9 Å². The zero-order chi connectivity index (χ0) is 23.0. The molecule has 0 aromatic heterocycles. The summed E-state index contributed by atoms with van der Waals surface area (Å²) >= 11 is 0. The fourth-order valence-corrected chi connectivity index (χ4v) is 3.78. The van der Waals surface area contributed by atoms with Crippen LogP contribution in [0, 0.1) is 12.8 Å². The highest BCUT2D eigenvalue weighted by molar-refractivity contribution is 5.55. The standard InChI is InChI=1S/C27H38O4/c1-6-27(7-2,18-31-25-12-9-22(16-28)23(15-25)17-29)24-11-8-21(20(5)14-24)10-13-26(30)19(3)4/h8-15,19,26,28-30H,6-7,16-18H2,1-5H3/b13-10+. The third-order valence-electron chi connectivity index (χ3n) is 6.43. The summed E-state index contributed by atoms with van der Waals surface area (Å²) in [7, 11) is 0. The maximum atomic E-state index is 10.1. The number of rotatable bonds is 11. The van der Waals surface area contributed by atoms with Gasteiger partial charge in [-0.25, -0.2) is 0 Å². The first kappa shape index (κ1) is 25.1. The Morgan fingerprint density at radius 2 is 1.65 bits per heavy atom. The van der Waals surface area contributed by atoms with Crippen LogP contribution < -0.4 is 4.74 Å². The molecule has 0 aliphatic heterocycles. The van der Waals surface area contributed by atoms with E-state index in [1.165, 1.54) is 11.1 Å². The van der Waals surface area contributed by atoms with E-state index >= 15 is 0 Å². The molecule has 0 saturated carbocycles. The zero-order valence-electron chi connectivity index (χ0n) is 19.6. The van der Waals surface area contributed by atoms with Crippen molar-refractivity contribution in [3.8, 4) is 5.75 Å². The number of ether oxygens (including phenoxy) is 1. The van der Waals surface area contributed by atoms with Crippen molar-refractivity contribution >= 4 is 6.08 Å². The Bertz CT molecular complexity index is 866. The van der Waals surface area contributed by atoms with Gasteiger partial charge in [-0.1, -0.05) is 64.1 Å².